The van der Waals surface area contributed by atoms with Crippen LogP contribution in [-0.2, 0) is 0 Å². The van der Waals surface area contributed by atoms with E-state index in [2.05, 4.69) is 16.7 Å². The Morgan fingerprint density at radius 1 is 0.944 bits per heavy atom. The topological polar surface area (TPSA) is 32.5 Å². The molecule has 1 heterocycles. The van der Waals surface area contributed by atoms with E-state index in [0.29, 0.717) is 12.1 Å². The second kappa shape index (κ2) is 5.48. The largest absolute Gasteiger partial charge is 0.326 e. The minimum atomic E-state index is 0.431. The van der Waals surface area contributed by atoms with Gasteiger partial charge in [0.05, 0.1) is 0 Å². The zero-order valence-electron chi connectivity index (χ0n) is 11.9. The molecular formula is C15H29N3. The number of piperazine rings is 1. The molecule has 18 heavy (non-hydrogen) atoms. The molecule has 3 heteroatoms. The number of nitrogens with two attached hydrogens (primary N) is 1. The second-order valence-corrected chi connectivity index (χ2v) is 6.62. The Balaban J connectivity index is 1.53. The van der Waals surface area contributed by atoms with Crippen molar-refractivity contribution in [3.63, 3.8) is 0 Å². The molecule has 2 N–H and O–H groups in total. The van der Waals surface area contributed by atoms with Gasteiger partial charge >= 0.3 is 0 Å². The molecule has 2 saturated carbocycles. The fourth-order valence-corrected chi connectivity index (χ4v) is 3.92. The van der Waals surface area contributed by atoms with Crippen LogP contribution in [0.3, 0.4) is 0 Å². The molecule has 104 valence electrons. The van der Waals surface area contributed by atoms with Crippen LogP contribution in [0.2, 0.25) is 0 Å². The molecule has 3 fully saturated rings. The molecule has 0 aromatic carbocycles. The fourth-order valence-electron chi connectivity index (χ4n) is 3.92. The molecule has 3 rings (SSSR count). The molecule has 3 atom stereocenters. The average Bonchev–Trinajstić information content (AvgIpc) is 3.24. The van der Waals surface area contributed by atoms with E-state index in [1.807, 2.05) is 0 Å². The van der Waals surface area contributed by atoms with Gasteiger partial charge in [0.2, 0.25) is 0 Å². The molecule has 2 aliphatic carbocycles. The van der Waals surface area contributed by atoms with E-state index in [-0.39, 0.29) is 0 Å². The van der Waals surface area contributed by atoms with Gasteiger partial charge in [-0.3, -0.25) is 9.80 Å². The summed E-state index contributed by atoms with van der Waals surface area (Å²) in [6.07, 6.45) is 8.18. The molecule has 0 aromatic rings. The molecule has 0 aromatic heterocycles. The smallest absolute Gasteiger partial charge is 0.0250 e. The van der Waals surface area contributed by atoms with Crippen molar-refractivity contribution in [2.45, 2.75) is 63.6 Å². The lowest BCUT2D eigenvalue weighted by molar-refractivity contribution is 0.0529. The summed E-state index contributed by atoms with van der Waals surface area (Å²) in [5.41, 5.74) is 6.38. The Morgan fingerprint density at radius 3 is 2.22 bits per heavy atom. The van der Waals surface area contributed by atoms with Crippen molar-refractivity contribution in [1.82, 2.24) is 9.80 Å². The van der Waals surface area contributed by atoms with Crippen molar-refractivity contribution in [3.05, 3.63) is 0 Å². The van der Waals surface area contributed by atoms with E-state index >= 15 is 0 Å². The predicted octanol–water partition coefficient (Wildman–Crippen LogP) is 1.67. The van der Waals surface area contributed by atoms with Crippen LogP contribution in [0.5, 0.6) is 0 Å². The van der Waals surface area contributed by atoms with Gasteiger partial charge in [-0.1, -0.05) is 13.3 Å². The Labute approximate surface area is 112 Å². The molecule has 1 saturated heterocycles. The molecular weight excluding hydrogens is 222 g/mol. The highest BCUT2D eigenvalue weighted by Crippen LogP contribution is 2.31. The Morgan fingerprint density at radius 2 is 1.61 bits per heavy atom. The summed E-state index contributed by atoms with van der Waals surface area (Å²) < 4.78 is 0. The number of hydrogen-bond acceptors (Lipinski definition) is 3. The maximum Gasteiger partial charge on any atom is 0.0250 e. The lowest BCUT2D eigenvalue weighted by Gasteiger charge is -2.45. The minimum Gasteiger partial charge on any atom is -0.326 e. The summed E-state index contributed by atoms with van der Waals surface area (Å²) in [5, 5.41) is 0. The van der Waals surface area contributed by atoms with Crippen LogP contribution >= 0.6 is 0 Å². The molecule has 3 unspecified atom stereocenters. The van der Waals surface area contributed by atoms with Crippen LogP contribution in [0.25, 0.3) is 0 Å². The zero-order valence-corrected chi connectivity index (χ0v) is 11.9. The Bertz CT molecular complexity index is 269. The minimum absolute atomic E-state index is 0.431. The highest BCUT2D eigenvalue weighted by Gasteiger charge is 2.36. The van der Waals surface area contributed by atoms with Gasteiger partial charge in [-0.25, -0.2) is 0 Å². The third-order valence-corrected chi connectivity index (χ3v) is 5.44. The SMILES string of the molecule is CCC1CCC(N)C(N2CCN(C3CC3)CC2)C1. The first-order valence-corrected chi connectivity index (χ1v) is 8.01. The van der Waals surface area contributed by atoms with Crippen LogP contribution in [-0.4, -0.2) is 54.1 Å². The van der Waals surface area contributed by atoms with E-state index < -0.39 is 0 Å². The number of nitrogens with zero attached hydrogens (tertiary/aromatic N) is 2. The standard InChI is InChI=1S/C15H29N3/c1-2-12-3-6-14(16)15(11-12)18-9-7-17(8-10-18)13-4-5-13/h12-15H,2-11,16H2,1H3. The quantitative estimate of drug-likeness (QED) is 0.828. The third-order valence-electron chi connectivity index (χ3n) is 5.44. The first kappa shape index (κ1) is 12.9. The van der Waals surface area contributed by atoms with Crippen molar-refractivity contribution < 1.29 is 0 Å². The fraction of sp³-hybridized carbons (Fsp3) is 1.00. The lowest BCUT2D eigenvalue weighted by atomic mass is 9.80. The average molecular weight is 251 g/mol. The molecule has 0 spiro atoms. The van der Waals surface area contributed by atoms with Gasteiger partial charge in [-0.2, -0.15) is 0 Å². The summed E-state index contributed by atoms with van der Waals surface area (Å²) in [7, 11) is 0. The van der Waals surface area contributed by atoms with Gasteiger partial charge < -0.3 is 5.73 Å². The van der Waals surface area contributed by atoms with Crippen LogP contribution in [0.15, 0.2) is 0 Å². The molecule has 3 nitrogen and oxygen atoms in total. The molecule has 3 aliphatic rings. The monoisotopic (exact) mass is 251 g/mol. The summed E-state index contributed by atoms with van der Waals surface area (Å²) in [5.74, 6) is 0.927. The van der Waals surface area contributed by atoms with Crippen LogP contribution < -0.4 is 5.73 Å². The third kappa shape index (κ3) is 2.73. The van der Waals surface area contributed by atoms with E-state index in [1.54, 1.807) is 0 Å². The number of hydrogen-bond donors (Lipinski definition) is 1. The highest BCUT2D eigenvalue weighted by atomic mass is 15.3. The summed E-state index contributed by atoms with van der Waals surface area (Å²) in [6, 6.07) is 2.04. The van der Waals surface area contributed by atoms with Crippen molar-refractivity contribution in [1.29, 1.82) is 0 Å². The molecule has 0 bridgehead atoms. The normalized spacial score (nSPS) is 40.0. The van der Waals surface area contributed by atoms with Gasteiger partial charge in [0.25, 0.3) is 0 Å². The van der Waals surface area contributed by atoms with Crippen molar-refractivity contribution in [2.75, 3.05) is 26.2 Å². The molecule has 0 radical (unpaired) electrons. The summed E-state index contributed by atoms with van der Waals surface area (Å²) in [4.78, 5) is 5.40. The summed E-state index contributed by atoms with van der Waals surface area (Å²) >= 11 is 0. The first-order chi connectivity index (χ1) is 8.78. The van der Waals surface area contributed by atoms with Crippen LogP contribution in [0.4, 0.5) is 0 Å². The Hall–Kier alpha value is -0.120. The van der Waals surface area contributed by atoms with Crippen LogP contribution in [0.1, 0.15) is 45.4 Å². The predicted molar refractivity (Wildman–Crippen MR) is 75.6 cm³/mol. The van der Waals surface area contributed by atoms with Gasteiger partial charge in [0.15, 0.2) is 0 Å². The van der Waals surface area contributed by atoms with Gasteiger partial charge in [0, 0.05) is 44.3 Å². The van der Waals surface area contributed by atoms with Gasteiger partial charge in [0.1, 0.15) is 0 Å². The van der Waals surface area contributed by atoms with Crippen molar-refractivity contribution in [2.24, 2.45) is 11.7 Å². The Kier molecular flexibility index (Phi) is 3.92. The second-order valence-electron chi connectivity index (χ2n) is 6.62. The van der Waals surface area contributed by atoms with Gasteiger partial charge in [-0.05, 0) is 38.0 Å². The zero-order chi connectivity index (χ0) is 12.5. The molecule has 0 amide bonds. The maximum atomic E-state index is 6.38. The van der Waals surface area contributed by atoms with E-state index in [4.69, 9.17) is 5.73 Å². The molecule has 1 aliphatic heterocycles. The van der Waals surface area contributed by atoms with Crippen molar-refractivity contribution >= 4 is 0 Å². The first-order valence-electron chi connectivity index (χ1n) is 8.01. The van der Waals surface area contributed by atoms with Crippen LogP contribution in [0, 0.1) is 5.92 Å². The van der Waals surface area contributed by atoms with Crippen molar-refractivity contribution in [3.8, 4) is 0 Å². The van der Waals surface area contributed by atoms with E-state index in [9.17, 15) is 0 Å². The van der Waals surface area contributed by atoms with Gasteiger partial charge in [-0.15, -0.1) is 0 Å². The highest BCUT2D eigenvalue weighted by molar-refractivity contribution is 4.93. The summed E-state index contributed by atoms with van der Waals surface area (Å²) in [6.45, 7) is 7.41. The maximum absolute atomic E-state index is 6.38. The van der Waals surface area contributed by atoms with E-state index in [1.165, 1.54) is 64.7 Å². The number of rotatable bonds is 3. The lowest BCUT2D eigenvalue weighted by Crippen LogP contribution is -2.57. The van der Waals surface area contributed by atoms with E-state index in [0.717, 1.165) is 12.0 Å².